The Morgan fingerprint density at radius 2 is 2.33 bits per heavy atom. The lowest BCUT2D eigenvalue weighted by molar-refractivity contribution is -0.104. The van der Waals surface area contributed by atoms with Gasteiger partial charge in [-0.05, 0) is 19.1 Å². The van der Waals surface area contributed by atoms with Crippen molar-refractivity contribution in [1.29, 1.82) is 0 Å². The Bertz CT molecular complexity index is 506. The van der Waals surface area contributed by atoms with Gasteiger partial charge in [-0.1, -0.05) is 0 Å². The average Bonchev–Trinajstić information content (AvgIpc) is 2.52. The number of aliphatic hydroxyl groups excluding tert-OH is 2. The van der Waals surface area contributed by atoms with E-state index in [-0.39, 0.29) is 10.6 Å². The molecule has 0 aliphatic carbocycles. The highest BCUT2D eigenvalue weighted by atomic mass is 32.1. The molecule has 2 heterocycles. The third-order valence-corrected chi connectivity index (χ3v) is 3.17. The summed E-state index contributed by atoms with van der Waals surface area (Å²) in [5.74, 6) is 0.146. The quantitative estimate of drug-likeness (QED) is 0.485. The number of anilines is 1. The van der Waals surface area contributed by atoms with Crippen molar-refractivity contribution in [2.24, 2.45) is 0 Å². The van der Waals surface area contributed by atoms with Crippen LogP contribution in [0.15, 0.2) is 6.20 Å². The summed E-state index contributed by atoms with van der Waals surface area (Å²) in [6.07, 6.45) is -1.95. The van der Waals surface area contributed by atoms with E-state index < -0.39 is 30.6 Å². The summed E-state index contributed by atoms with van der Waals surface area (Å²) in [5, 5.41) is 33.0. The summed E-state index contributed by atoms with van der Waals surface area (Å²) < 4.78 is 6.51. The number of nitrogens with two attached hydrogens (primary N) is 1. The predicted octanol–water partition coefficient (Wildman–Crippen LogP) is -1.41. The van der Waals surface area contributed by atoms with Crippen LogP contribution in [0.3, 0.4) is 0 Å². The molecular formula is C9H14N4O4S. The fourth-order valence-corrected chi connectivity index (χ4v) is 2.12. The zero-order chi connectivity index (χ0) is 13.5. The topological polar surface area (TPSA) is 127 Å². The third-order valence-electron chi connectivity index (χ3n) is 2.89. The summed E-state index contributed by atoms with van der Waals surface area (Å²) in [7, 11) is 0. The molecule has 1 fully saturated rings. The number of aromatic nitrogens is 3. The van der Waals surface area contributed by atoms with E-state index in [4.69, 9.17) is 27.8 Å². The molecule has 5 N–H and O–H groups in total. The van der Waals surface area contributed by atoms with E-state index in [9.17, 15) is 10.2 Å². The maximum Gasteiger partial charge on any atom is 0.220 e. The largest absolute Gasteiger partial charge is 0.394 e. The molecule has 2 unspecified atom stereocenters. The second-order valence-corrected chi connectivity index (χ2v) is 4.65. The first-order valence-electron chi connectivity index (χ1n) is 5.26. The summed E-state index contributed by atoms with van der Waals surface area (Å²) in [6.45, 7) is 0.946. The van der Waals surface area contributed by atoms with E-state index in [2.05, 4.69) is 10.1 Å². The van der Waals surface area contributed by atoms with Crippen LogP contribution in [-0.4, -0.2) is 54.5 Å². The minimum absolute atomic E-state index is 0.0195. The van der Waals surface area contributed by atoms with Crippen LogP contribution in [-0.2, 0) is 4.74 Å². The first kappa shape index (κ1) is 13.3. The molecule has 2 rings (SSSR count). The maximum absolute atomic E-state index is 10.2. The Balaban J connectivity index is 2.42. The number of aliphatic hydroxyl groups is 3. The Hall–Kier alpha value is -1.13. The van der Waals surface area contributed by atoms with Gasteiger partial charge in [0, 0.05) is 0 Å². The molecule has 0 radical (unpaired) electrons. The van der Waals surface area contributed by atoms with Gasteiger partial charge in [0.1, 0.15) is 23.6 Å². The number of nitrogens with zero attached hydrogens (tertiary/aromatic N) is 3. The molecule has 0 saturated carbocycles. The van der Waals surface area contributed by atoms with Crippen LogP contribution in [0.2, 0.25) is 0 Å². The van der Waals surface area contributed by atoms with Crippen molar-refractivity contribution in [2.75, 3.05) is 12.3 Å². The van der Waals surface area contributed by atoms with Gasteiger partial charge in [-0.25, -0.2) is 9.67 Å². The van der Waals surface area contributed by atoms with Crippen LogP contribution in [0.5, 0.6) is 0 Å². The number of rotatable bonds is 2. The molecule has 0 spiro atoms. The minimum atomic E-state index is -1.64. The van der Waals surface area contributed by atoms with Crippen molar-refractivity contribution in [3.63, 3.8) is 0 Å². The van der Waals surface area contributed by atoms with Gasteiger partial charge in [0.15, 0.2) is 6.23 Å². The monoisotopic (exact) mass is 274 g/mol. The van der Waals surface area contributed by atoms with E-state index >= 15 is 0 Å². The molecule has 9 heteroatoms. The van der Waals surface area contributed by atoms with Crippen LogP contribution in [0.25, 0.3) is 0 Å². The van der Waals surface area contributed by atoms with Crippen molar-refractivity contribution in [3.8, 4) is 0 Å². The summed E-state index contributed by atoms with van der Waals surface area (Å²) in [5.41, 5.74) is 3.79. The smallest absolute Gasteiger partial charge is 0.220 e. The first-order valence-corrected chi connectivity index (χ1v) is 5.67. The van der Waals surface area contributed by atoms with E-state index in [1.54, 1.807) is 0 Å². The molecule has 18 heavy (non-hydrogen) atoms. The van der Waals surface area contributed by atoms with Crippen molar-refractivity contribution in [2.45, 2.75) is 31.0 Å². The van der Waals surface area contributed by atoms with E-state index in [0.29, 0.717) is 0 Å². The zero-order valence-electron chi connectivity index (χ0n) is 9.59. The predicted molar refractivity (Wildman–Crippen MR) is 62.9 cm³/mol. The molecule has 1 saturated heterocycles. The van der Waals surface area contributed by atoms with Crippen LogP contribution in [0.4, 0.5) is 5.82 Å². The SMILES string of the molecule is C[C@@]1(O)C(n2ncc(N)nc2=S)OC(CO)[C@H]1O. The van der Waals surface area contributed by atoms with Gasteiger partial charge in [-0.2, -0.15) is 5.10 Å². The molecule has 0 amide bonds. The second-order valence-electron chi connectivity index (χ2n) is 4.29. The van der Waals surface area contributed by atoms with Crippen molar-refractivity contribution >= 4 is 18.0 Å². The molecule has 1 aromatic rings. The molecule has 1 aliphatic rings. The van der Waals surface area contributed by atoms with Gasteiger partial charge >= 0.3 is 0 Å². The van der Waals surface area contributed by atoms with Crippen LogP contribution >= 0.6 is 12.2 Å². The Morgan fingerprint density at radius 1 is 1.67 bits per heavy atom. The zero-order valence-corrected chi connectivity index (χ0v) is 10.4. The van der Waals surface area contributed by atoms with Crippen LogP contribution in [0.1, 0.15) is 13.2 Å². The van der Waals surface area contributed by atoms with Gasteiger partial charge in [-0.3, -0.25) is 0 Å². The molecule has 8 nitrogen and oxygen atoms in total. The van der Waals surface area contributed by atoms with Crippen LogP contribution < -0.4 is 5.73 Å². The van der Waals surface area contributed by atoms with Crippen molar-refractivity contribution < 1.29 is 20.1 Å². The van der Waals surface area contributed by atoms with E-state index in [0.717, 1.165) is 4.68 Å². The molecule has 1 aromatic heterocycles. The van der Waals surface area contributed by atoms with Gasteiger partial charge in [-0.15, -0.1) is 0 Å². The maximum atomic E-state index is 10.2. The lowest BCUT2D eigenvalue weighted by Gasteiger charge is -2.26. The number of hydrogen-bond acceptors (Lipinski definition) is 8. The van der Waals surface area contributed by atoms with Crippen molar-refractivity contribution in [3.05, 3.63) is 11.0 Å². The molecule has 0 aromatic carbocycles. The minimum Gasteiger partial charge on any atom is -0.394 e. The van der Waals surface area contributed by atoms with Gasteiger partial charge < -0.3 is 25.8 Å². The number of ether oxygens (including phenoxy) is 1. The van der Waals surface area contributed by atoms with Gasteiger partial charge in [0.25, 0.3) is 0 Å². The molecule has 1 aliphatic heterocycles. The van der Waals surface area contributed by atoms with E-state index in [1.807, 2.05) is 0 Å². The molecular weight excluding hydrogens is 260 g/mol. The second kappa shape index (κ2) is 4.52. The van der Waals surface area contributed by atoms with Gasteiger partial charge in [0.05, 0.1) is 12.8 Å². The Labute approximate surface area is 108 Å². The molecule has 4 atom stereocenters. The molecule has 0 bridgehead atoms. The van der Waals surface area contributed by atoms with Gasteiger partial charge in [0.2, 0.25) is 4.77 Å². The number of nitrogen functional groups attached to an aromatic ring is 1. The first-order chi connectivity index (χ1) is 8.37. The summed E-state index contributed by atoms with van der Waals surface area (Å²) in [4.78, 5) is 3.82. The summed E-state index contributed by atoms with van der Waals surface area (Å²) >= 11 is 4.97. The fraction of sp³-hybridized carbons (Fsp3) is 0.667. The highest BCUT2D eigenvalue weighted by molar-refractivity contribution is 7.71. The standard InChI is InChI=1S/C9H14N4O4S/c1-9(16)6(15)4(3-14)17-7(9)13-8(18)12-5(10)2-11-13/h2,4,6-7,14-16H,3H2,1H3,(H2,10,12,18)/t4?,6-,7?,9+/m1/s1. The lowest BCUT2D eigenvalue weighted by Crippen LogP contribution is -2.44. The fourth-order valence-electron chi connectivity index (χ4n) is 1.87. The lowest BCUT2D eigenvalue weighted by atomic mass is 9.97. The van der Waals surface area contributed by atoms with E-state index in [1.165, 1.54) is 13.1 Å². The van der Waals surface area contributed by atoms with Crippen LogP contribution in [0, 0.1) is 4.77 Å². The Kier molecular flexibility index (Phi) is 3.34. The highest BCUT2D eigenvalue weighted by Gasteiger charge is 2.53. The Morgan fingerprint density at radius 3 is 2.83 bits per heavy atom. The van der Waals surface area contributed by atoms with Crippen molar-refractivity contribution in [1.82, 2.24) is 14.8 Å². The number of hydrogen-bond donors (Lipinski definition) is 4. The normalized spacial score (nSPS) is 35.9. The summed E-state index contributed by atoms with van der Waals surface area (Å²) in [6, 6.07) is 0. The highest BCUT2D eigenvalue weighted by Crippen LogP contribution is 2.37. The third kappa shape index (κ3) is 1.99. The average molecular weight is 274 g/mol. The molecule has 100 valence electrons.